The standard InChI is InChI=1S/C27H28N6O3/c1-32(17-24(29)34)27(36)20-11-13-21(14-12-20)33-23-6-3-2-5-22(23)25(31-33)18-7-9-19(10-8-18)26(35)30-16-4-15-28/h2-3,5-14H,4,15-17,28H2,1H3,(H2,29,34)(H,30,35). The van der Waals surface area contributed by atoms with Gasteiger partial charge in [0.1, 0.15) is 5.69 Å². The van der Waals surface area contributed by atoms with E-state index in [-0.39, 0.29) is 18.4 Å². The Morgan fingerprint density at radius 1 is 0.944 bits per heavy atom. The lowest BCUT2D eigenvalue weighted by molar-refractivity contribution is -0.118. The molecular formula is C27H28N6O3. The minimum absolute atomic E-state index is 0.138. The number of hydrogen-bond acceptors (Lipinski definition) is 5. The number of benzene rings is 3. The van der Waals surface area contributed by atoms with Crippen LogP contribution in [0.15, 0.2) is 72.8 Å². The second kappa shape index (κ2) is 10.8. The average molecular weight is 485 g/mol. The van der Waals surface area contributed by atoms with Crippen molar-refractivity contribution < 1.29 is 14.4 Å². The van der Waals surface area contributed by atoms with Gasteiger partial charge in [-0.1, -0.05) is 30.3 Å². The molecule has 36 heavy (non-hydrogen) atoms. The van der Waals surface area contributed by atoms with Crippen molar-refractivity contribution in [3.8, 4) is 16.9 Å². The van der Waals surface area contributed by atoms with Gasteiger partial charge >= 0.3 is 0 Å². The Morgan fingerprint density at radius 3 is 2.28 bits per heavy atom. The smallest absolute Gasteiger partial charge is 0.254 e. The normalized spacial score (nSPS) is 10.8. The Bertz CT molecular complexity index is 1390. The van der Waals surface area contributed by atoms with Crippen LogP contribution in [0, 0.1) is 0 Å². The van der Waals surface area contributed by atoms with E-state index in [1.165, 1.54) is 11.9 Å². The monoisotopic (exact) mass is 484 g/mol. The molecule has 9 nitrogen and oxygen atoms in total. The van der Waals surface area contributed by atoms with Crippen molar-refractivity contribution in [1.82, 2.24) is 20.0 Å². The van der Waals surface area contributed by atoms with Crippen molar-refractivity contribution in [3.05, 3.63) is 83.9 Å². The Balaban J connectivity index is 1.62. The number of para-hydroxylation sites is 1. The van der Waals surface area contributed by atoms with E-state index < -0.39 is 5.91 Å². The molecule has 3 aromatic carbocycles. The van der Waals surface area contributed by atoms with Crippen LogP contribution in [0.4, 0.5) is 0 Å². The lowest BCUT2D eigenvalue weighted by atomic mass is 10.1. The molecule has 0 aliphatic heterocycles. The fourth-order valence-corrected chi connectivity index (χ4v) is 3.93. The van der Waals surface area contributed by atoms with Gasteiger partial charge in [-0.05, 0) is 55.4 Å². The van der Waals surface area contributed by atoms with Crippen molar-refractivity contribution in [1.29, 1.82) is 0 Å². The van der Waals surface area contributed by atoms with E-state index >= 15 is 0 Å². The summed E-state index contributed by atoms with van der Waals surface area (Å²) in [7, 11) is 1.53. The Morgan fingerprint density at radius 2 is 1.61 bits per heavy atom. The molecule has 0 atom stereocenters. The fourth-order valence-electron chi connectivity index (χ4n) is 3.93. The van der Waals surface area contributed by atoms with Crippen molar-refractivity contribution >= 4 is 28.6 Å². The number of nitrogens with two attached hydrogens (primary N) is 2. The van der Waals surface area contributed by atoms with Crippen LogP contribution in [-0.2, 0) is 4.79 Å². The molecule has 3 amide bonds. The predicted octanol–water partition coefficient (Wildman–Crippen LogP) is 2.33. The second-order valence-corrected chi connectivity index (χ2v) is 8.43. The van der Waals surface area contributed by atoms with E-state index in [9.17, 15) is 14.4 Å². The van der Waals surface area contributed by atoms with Crippen molar-refractivity contribution in [3.63, 3.8) is 0 Å². The number of hydrogen-bond donors (Lipinski definition) is 3. The molecule has 0 fully saturated rings. The van der Waals surface area contributed by atoms with Crippen LogP contribution in [0.5, 0.6) is 0 Å². The quantitative estimate of drug-likeness (QED) is 0.313. The van der Waals surface area contributed by atoms with Crippen LogP contribution in [-0.4, -0.2) is 59.1 Å². The number of likely N-dealkylation sites (N-methyl/N-ethyl adjacent to an activating group) is 1. The first-order valence-electron chi connectivity index (χ1n) is 11.6. The van der Waals surface area contributed by atoms with Gasteiger partial charge in [0.05, 0.1) is 17.7 Å². The third-order valence-corrected chi connectivity index (χ3v) is 5.77. The summed E-state index contributed by atoms with van der Waals surface area (Å²) in [6, 6.07) is 22.2. The van der Waals surface area contributed by atoms with Crippen LogP contribution in [0.1, 0.15) is 27.1 Å². The topological polar surface area (TPSA) is 136 Å². The summed E-state index contributed by atoms with van der Waals surface area (Å²) >= 11 is 0. The molecule has 0 aliphatic carbocycles. The van der Waals surface area contributed by atoms with E-state index in [4.69, 9.17) is 16.6 Å². The number of carbonyl (C=O) groups is 3. The van der Waals surface area contributed by atoms with Gasteiger partial charge < -0.3 is 21.7 Å². The summed E-state index contributed by atoms with van der Waals surface area (Å²) in [5.41, 5.74) is 15.0. The van der Waals surface area contributed by atoms with Gasteiger partial charge in [0.15, 0.2) is 0 Å². The summed E-state index contributed by atoms with van der Waals surface area (Å²) in [6.07, 6.45) is 0.729. The predicted molar refractivity (Wildman–Crippen MR) is 139 cm³/mol. The minimum Gasteiger partial charge on any atom is -0.368 e. The maximum absolute atomic E-state index is 12.5. The molecule has 0 unspecified atom stereocenters. The molecule has 184 valence electrons. The molecule has 4 rings (SSSR count). The highest BCUT2D eigenvalue weighted by molar-refractivity contribution is 5.98. The molecule has 1 heterocycles. The van der Waals surface area contributed by atoms with Gasteiger partial charge in [-0.2, -0.15) is 5.10 Å². The maximum atomic E-state index is 12.5. The minimum atomic E-state index is -0.571. The lowest BCUT2D eigenvalue weighted by Gasteiger charge is -2.15. The average Bonchev–Trinajstić information content (AvgIpc) is 3.28. The zero-order valence-electron chi connectivity index (χ0n) is 20.0. The number of carbonyl (C=O) groups excluding carboxylic acids is 3. The Hall–Kier alpha value is -4.50. The van der Waals surface area contributed by atoms with Crippen LogP contribution in [0.3, 0.4) is 0 Å². The molecule has 9 heteroatoms. The highest BCUT2D eigenvalue weighted by Crippen LogP contribution is 2.30. The number of nitrogens with one attached hydrogen (secondary N) is 1. The first-order chi connectivity index (χ1) is 17.4. The van der Waals surface area contributed by atoms with Crippen molar-refractivity contribution in [2.75, 3.05) is 26.7 Å². The first-order valence-corrected chi connectivity index (χ1v) is 11.6. The van der Waals surface area contributed by atoms with Crippen LogP contribution >= 0.6 is 0 Å². The van der Waals surface area contributed by atoms with Gasteiger partial charge in [-0.3, -0.25) is 14.4 Å². The third-order valence-electron chi connectivity index (χ3n) is 5.77. The number of nitrogens with zero attached hydrogens (tertiary/aromatic N) is 3. The molecule has 0 bridgehead atoms. The highest BCUT2D eigenvalue weighted by atomic mass is 16.2. The van der Waals surface area contributed by atoms with Crippen molar-refractivity contribution in [2.45, 2.75) is 6.42 Å². The van der Waals surface area contributed by atoms with Gasteiger partial charge in [0.2, 0.25) is 5.91 Å². The number of rotatable bonds is 9. The van der Waals surface area contributed by atoms with Crippen LogP contribution in [0.25, 0.3) is 27.8 Å². The number of amides is 3. The van der Waals surface area contributed by atoms with Gasteiger partial charge in [0, 0.05) is 35.7 Å². The number of fused-ring (bicyclic) bond motifs is 1. The molecule has 0 aliphatic rings. The van der Waals surface area contributed by atoms with E-state index in [0.717, 1.165) is 34.3 Å². The van der Waals surface area contributed by atoms with Gasteiger partial charge in [-0.15, -0.1) is 0 Å². The maximum Gasteiger partial charge on any atom is 0.254 e. The SMILES string of the molecule is CN(CC(N)=O)C(=O)c1ccc(-n2nc(-c3ccc(C(=O)NCCCN)cc3)c3ccccc32)cc1. The zero-order valence-corrected chi connectivity index (χ0v) is 20.0. The molecular weight excluding hydrogens is 456 g/mol. The van der Waals surface area contributed by atoms with Crippen LogP contribution in [0.2, 0.25) is 0 Å². The van der Waals surface area contributed by atoms with E-state index in [1.54, 1.807) is 24.3 Å². The fraction of sp³-hybridized carbons (Fsp3) is 0.185. The summed E-state index contributed by atoms with van der Waals surface area (Å²) in [4.78, 5) is 37.3. The summed E-state index contributed by atoms with van der Waals surface area (Å²) in [5, 5.41) is 8.67. The molecule has 1 aromatic heterocycles. The molecule has 0 saturated heterocycles. The molecule has 5 N–H and O–H groups in total. The molecule has 0 radical (unpaired) electrons. The summed E-state index contributed by atoms with van der Waals surface area (Å²) in [5.74, 6) is -1.00. The highest BCUT2D eigenvalue weighted by Gasteiger charge is 2.16. The van der Waals surface area contributed by atoms with E-state index in [1.807, 2.05) is 53.2 Å². The van der Waals surface area contributed by atoms with Gasteiger partial charge in [-0.25, -0.2) is 4.68 Å². The van der Waals surface area contributed by atoms with Crippen LogP contribution < -0.4 is 16.8 Å². The molecule has 0 saturated carbocycles. The Kier molecular flexibility index (Phi) is 7.41. The van der Waals surface area contributed by atoms with Crippen molar-refractivity contribution in [2.24, 2.45) is 11.5 Å². The molecule has 0 spiro atoms. The summed E-state index contributed by atoms with van der Waals surface area (Å²) in [6.45, 7) is 0.917. The number of aromatic nitrogens is 2. The van der Waals surface area contributed by atoms with E-state index in [2.05, 4.69) is 5.32 Å². The molecule has 4 aromatic rings. The zero-order chi connectivity index (χ0) is 25.7. The van der Waals surface area contributed by atoms with Gasteiger partial charge in [0.25, 0.3) is 11.8 Å². The Labute approximate surface area is 208 Å². The number of primary amides is 1. The van der Waals surface area contributed by atoms with E-state index in [0.29, 0.717) is 24.2 Å². The lowest BCUT2D eigenvalue weighted by Crippen LogP contribution is -2.35. The largest absolute Gasteiger partial charge is 0.368 e. The second-order valence-electron chi connectivity index (χ2n) is 8.43. The first kappa shape index (κ1) is 24.6. The third kappa shape index (κ3) is 5.26. The summed E-state index contributed by atoms with van der Waals surface area (Å²) < 4.78 is 1.82.